The molecule has 10 heteroatoms. The van der Waals surface area contributed by atoms with E-state index in [4.69, 9.17) is 4.74 Å². The molecular formula is C24H28F3N5O2. The number of nitrogens with zero attached hydrogens (tertiary/aromatic N) is 4. The summed E-state index contributed by atoms with van der Waals surface area (Å²) in [6, 6.07) is 3.21. The molecule has 2 fully saturated rings. The number of fused-ring (bicyclic) bond motifs is 1. The zero-order valence-electron chi connectivity index (χ0n) is 18.9. The number of ether oxygens (including phenoxy) is 1. The van der Waals surface area contributed by atoms with Crippen LogP contribution in [0.1, 0.15) is 36.0 Å². The lowest BCUT2D eigenvalue weighted by molar-refractivity contribution is -0.138. The van der Waals surface area contributed by atoms with Crippen LogP contribution in [-0.2, 0) is 28.7 Å². The summed E-state index contributed by atoms with van der Waals surface area (Å²) in [7, 11) is 0. The van der Waals surface area contributed by atoms with E-state index in [9.17, 15) is 18.0 Å². The Kier molecular flexibility index (Phi) is 6.33. The molecule has 5 rings (SSSR count). The average Bonchev–Trinajstić information content (AvgIpc) is 3.32. The number of halogens is 3. The summed E-state index contributed by atoms with van der Waals surface area (Å²) < 4.78 is 44.9. The fourth-order valence-corrected chi connectivity index (χ4v) is 5.04. The van der Waals surface area contributed by atoms with Crippen LogP contribution in [0.2, 0.25) is 0 Å². The van der Waals surface area contributed by atoms with Gasteiger partial charge in [0.25, 0.3) is 0 Å². The summed E-state index contributed by atoms with van der Waals surface area (Å²) in [5.41, 5.74) is 1.83. The molecule has 0 radical (unpaired) electrons. The Morgan fingerprint density at radius 1 is 1.15 bits per heavy atom. The quantitative estimate of drug-likeness (QED) is 0.730. The number of carbonyl (C=O) groups excluding carboxylic acids is 1. The molecule has 5 heterocycles. The second kappa shape index (κ2) is 9.40. The van der Waals surface area contributed by atoms with Crippen LogP contribution < -0.4 is 10.2 Å². The van der Waals surface area contributed by atoms with Crippen molar-refractivity contribution in [2.24, 2.45) is 5.92 Å². The van der Waals surface area contributed by atoms with Crippen molar-refractivity contribution in [2.45, 2.75) is 44.4 Å². The van der Waals surface area contributed by atoms with Gasteiger partial charge in [-0.15, -0.1) is 0 Å². The molecule has 2 saturated heterocycles. The van der Waals surface area contributed by atoms with Crippen molar-refractivity contribution in [3.8, 4) is 0 Å². The van der Waals surface area contributed by atoms with Gasteiger partial charge in [0.2, 0.25) is 5.91 Å². The Bertz CT molecular complexity index is 1040. The highest BCUT2D eigenvalue weighted by atomic mass is 19.4. The van der Waals surface area contributed by atoms with Gasteiger partial charge in [0.05, 0.1) is 17.4 Å². The minimum Gasteiger partial charge on any atom is -0.381 e. The van der Waals surface area contributed by atoms with E-state index in [0.717, 1.165) is 48.5 Å². The lowest BCUT2D eigenvalue weighted by Crippen LogP contribution is -2.38. The maximum Gasteiger partial charge on any atom is 0.417 e. The van der Waals surface area contributed by atoms with Gasteiger partial charge in [-0.1, -0.05) is 0 Å². The number of rotatable bonds is 4. The van der Waals surface area contributed by atoms with Gasteiger partial charge in [0, 0.05) is 69.3 Å². The molecule has 2 aromatic rings. The van der Waals surface area contributed by atoms with E-state index in [1.54, 1.807) is 6.20 Å². The molecule has 7 nitrogen and oxygen atoms in total. The third-order valence-electron chi connectivity index (χ3n) is 6.98. The summed E-state index contributed by atoms with van der Waals surface area (Å²) in [6.07, 6.45) is 2.76. The van der Waals surface area contributed by atoms with Crippen LogP contribution >= 0.6 is 0 Å². The third kappa shape index (κ3) is 4.82. The molecule has 0 bridgehead atoms. The van der Waals surface area contributed by atoms with Crippen molar-refractivity contribution in [3.63, 3.8) is 0 Å². The third-order valence-corrected chi connectivity index (χ3v) is 6.98. The second-order valence-corrected chi connectivity index (χ2v) is 9.20. The van der Waals surface area contributed by atoms with E-state index in [2.05, 4.69) is 15.3 Å². The van der Waals surface area contributed by atoms with Crippen LogP contribution in [0.5, 0.6) is 0 Å². The monoisotopic (exact) mass is 475 g/mol. The fraction of sp³-hybridized carbons (Fsp3) is 0.542. The smallest absolute Gasteiger partial charge is 0.381 e. The van der Waals surface area contributed by atoms with Gasteiger partial charge < -0.3 is 19.9 Å². The first-order valence-electron chi connectivity index (χ1n) is 11.8. The van der Waals surface area contributed by atoms with Gasteiger partial charge in [-0.2, -0.15) is 13.2 Å². The molecule has 0 aliphatic carbocycles. The number of amides is 1. The van der Waals surface area contributed by atoms with Gasteiger partial charge in [-0.05, 0) is 43.4 Å². The lowest BCUT2D eigenvalue weighted by Gasteiger charge is -2.32. The van der Waals surface area contributed by atoms with Gasteiger partial charge in [-0.25, -0.2) is 4.98 Å². The number of anilines is 2. The zero-order valence-corrected chi connectivity index (χ0v) is 18.9. The van der Waals surface area contributed by atoms with Crippen molar-refractivity contribution in [3.05, 3.63) is 47.4 Å². The first-order valence-corrected chi connectivity index (χ1v) is 11.8. The SMILES string of the molecule is O=C(C1CCOCC1)N1CC[C@H](Nc2nccc3c2CN(c2cncc(C(F)(F)F)c2)CC3)C1. The number of likely N-dealkylation sites (tertiary alicyclic amines) is 1. The molecule has 2 aromatic heterocycles. The topological polar surface area (TPSA) is 70.6 Å². The molecule has 1 amide bonds. The van der Waals surface area contributed by atoms with Crippen LogP contribution in [0.3, 0.4) is 0 Å². The molecule has 34 heavy (non-hydrogen) atoms. The number of alkyl halides is 3. The highest BCUT2D eigenvalue weighted by Gasteiger charge is 2.34. The van der Waals surface area contributed by atoms with Crippen LogP contribution in [0, 0.1) is 5.92 Å². The molecule has 0 saturated carbocycles. The van der Waals surface area contributed by atoms with Crippen LogP contribution in [0.4, 0.5) is 24.7 Å². The average molecular weight is 476 g/mol. The summed E-state index contributed by atoms with van der Waals surface area (Å²) in [5.74, 6) is 0.996. The van der Waals surface area contributed by atoms with E-state index in [0.29, 0.717) is 51.5 Å². The van der Waals surface area contributed by atoms with E-state index in [1.165, 1.54) is 6.20 Å². The lowest BCUT2D eigenvalue weighted by atomic mass is 9.99. The largest absolute Gasteiger partial charge is 0.417 e. The van der Waals surface area contributed by atoms with E-state index < -0.39 is 11.7 Å². The zero-order chi connectivity index (χ0) is 23.7. The Balaban J connectivity index is 1.28. The van der Waals surface area contributed by atoms with Gasteiger partial charge in [0.1, 0.15) is 5.82 Å². The van der Waals surface area contributed by atoms with Crippen molar-refractivity contribution in [1.82, 2.24) is 14.9 Å². The predicted molar refractivity (Wildman–Crippen MR) is 120 cm³/mol. The molecule has 1 atom stereocenters. The van der Waals surface area contributed by atoms with Gasteiger partial charge >= 0.3 is 6.18 Å². The Morgan fingerprint density at radius 2 is 1.97 bits per heavy atom. The Morgan fingerprint density at radius 3 is 2.76 bits per heavy atom. The summed E-state index contributed by atoms with van der Waals surface area (Å²) >= 11 is 0. The molecule has 0 aromatic carbocycles. The van der Waals surface area contributed by atoms with Gasteiger partial charge in [-0.3, -0.25) is 9.78 Å². The molecule has 0 spiro atoms. The number of aromatic nitrogens is 2. The molecule has 1 N–H and O–H groups in total. The standard InChI is InChI=1S/C24H28F3N5O2/c25-24(26,27)18-11-20(13-28-12-18)31-7-2-16-1-6-29-22(21(16)15-31)30-19-3-8-32(14-19)23(33)17-4-9-34-10-5-17/h1,6,11-13,17,19H,2-5,7-10,14-15H2,(H,29,30)/t19-/m0/s1. The first kappa shape index (κ1) is 22.9. The number of pyridine rings is 2. The number of carbonyl (C=O) groups is 1. The fourth-order valence-electron chi connectivity index (χ4n) is 5.04. The second-order valence-electron chi connectivity index (χ2n) is 9.20. The highest BCUT2D eigenvalue weighted by Crippen LogP contribution is 2.33. The van der Waals surface area contributed by atoms with Crippen LogP contribution in [-0.4, -0.2) is 59.7 Å². The molecule has 3 aliphatic heterocycles. The Labute approximate surface area is 196 Å². The molecule has 182 valence electrons. The Hall–Kier alpha value is -2.88. The van der Waals surface area contributed by atoms with Crippen molar-refractivity contribution >= 4 is 17.4 Å². The number of nitrogens with one attached hydrogen (secondary N) is 1. The minimum absolute atomic E-state index is 0.0461. The molecule has 3 aliphatic rings. The maximum atomic E-state index is 13.2. The van der Waals surface area contributed by atoms with E-state index >= 15 is 0 Å². The van der Waals surface area contributed by atoms with Crippen LogP contribution in [0.25, 0.3) is 0 Å². The van der Waals surface area contributed by atoms with Gasteiger partial charge in [0.15, 0.2) is 0 Å². The van der Waals surface area contributed by atoms with E-state index in [1.807, 2.05) is 15.9 Å². The number of hydrogen-bond acceptors (Lipinski definition) is 6. The minimum atomic E-state index is -4.43. The highest BCUT2D eigenvalue weighted by molar-refractivity contribution is 5.79. The summed E-state index contributed by atoms with van der Waals surface area (Å²) in [6.45, 7) is 3.68. The van der Waals surface area contributed by atoms with E-state index in [-0.39, 0.29) is 17.9 Å². The molecular weight excluding hydrogens is 447 g/mol. The summed E-state index contributed by atoms with van der Waals surface area (Å²) in [5, 5.41) is 3.51. The maximum absolute atomic E-state index is 13.2. The van der Waals surface area contributed by atoms with Crippen molar-refractivity contribution in [1.29, 1.82) is 0 Å². The summed E-state index contributed by atoms with van der Waals surface area (Å²) in [4.78, 5) is 25.1. The van der Waals surface area contributed by atoms with Crippen molar-refractivity contribution < 1.29 is 22.7 Å². The number of hydrogen-bond donors (Lipinski definition) is 1. The first-order chi connectivity index (χ1) is 16.4. The van der Waals surface area contributed by atoms with Crippen molar-refractivity contribution in [2.75, 3.05) is 43.1 Å². The normalized spacial score (nSPS) is 21.4. The predicted octanol–water partition coefficient (Wildman–Crippen LogP) is 3.50. The van der Waals surface area contributed by atoms with Crippen LogP contribution in [0.15, 0.2) is 30.7 Å². The molecule has 0 unspecified atom stereocenters.